The molecule has 1 amide bonds. The SMILES string of the molecule is COc1cc(N)ccc1SCc1cc(C(=O)NN)oc1C. The zero-order chi connectivity index (χ0) is 15.4. The summed E-state index contributed by atoms with van der Waals surface area (Å²) in [4.78, 5) is 12.4. The maximum atomic E-state index is 11.4. The third-order valence-electron chi connectivity index (χ3n) is 2.95. The van der Waals surface area contributed by atoms with Gasteiger partial charge in [0.05, 0.1) is 7.11 Å². The van der Waals surface area contributed by atoms with Crippen LogP contribution in [0.3, 0.4) is 0 Å². The molecule has 5 N–H and O–H groups in total. The summed E-state index contributed by atoms with van der Waals surface area (Å²) in [6, 6.07) is 7.19. The van der Waals surface area contributed by atoms with E-state index < -0.39 is 5.91 Å². The second kappa shape index (κ2) is 6.55. The number of methoxy groups -OCH3 is 1. The average molecular weight is 307 g/mol. The summed E-state index contributed by atoms with van der Waals surface area (Å²) in [6.07, 6.45) is 0. The summed E-state index contributed by atoms with van der Waals surface area (Å²) >= 11 is 1.58. The van der Waals surface area contributed by atoms with E-state index in [1.165, 1.54) is 0 Å². The van der Waals surface area contributed by atoms with Gasteiger partial charge in [-0.05, 0) is 25.1 Å². The number of anilines is 1. The Bertz CT molecular complexity index is 655. The van der Waals surface area contributed by atoms with Crippen LogP contribution in [-0.2, 0) is 5.75 Å². The summed E-state index contributed by atoms with van der Waals surface area (Å²) in [7, 11) is 1.60. The van der Waals surface area contributed by atoms with Gasteiger partial charge < -0.3 is 14.9 Å². The standard InChI is InChI=1S/C14H17N3O3S/c1-8-9(5-12(20-8)14(18)17-16)7-21-13-4-3-10(15)6-11(13)19-2/h3-6H,7,15-16H2,1-2H3,(H,17,18). The Hall–Kier alpha value is -2.12. The molecule has 1 heterocycles. The monoisotopic (exact) mass is 307 g/mol. The number of nitrogens with one attached hydrogen (secondary N) is 1. The van der Waals surface area contributed by atoms with E-state index in [1.807, 2.05) is 24.5 Å². The molecule has 0 radical (unpaired) electrons. The lowest BCUT2D eigenvalue weighted by Crippen LogP contribution is -2.29. The number of rotatable bonds is 5. The molecular weight excluding hydrogens is 290 g/mol. The molecule has 0 fully saturated rings. The number of hydrogen-bond donors (Lipinski definition) is 3. The predicted molar refractivity (Wildman–Crippen MR) is 82.1 cm³/mol. The maximum Gasteiger partial charge on any atom is 0.300 e. The van der Waals surface area contributed by atoms with Gasteiger partial charge in [0.2, 0.25) is 0 Å². The molecule has 0 aliphatic heterocycles. The van der Waals surface area contributed by atoms with Gasteiger partial charge in [0.25, 0.3) is 0 Å². The number of nitrogens with two attached hydrogens (primary N) is 2. The molecule has 2 aromatic rings. The Morgan fingerprint density at radius 2 is 2.19 bits per heavy atom. The van der Waals surface area contributed by atoms with Crippen LogP contribution in [0.15, 0.2) is 33.6 Å². The number of ether oxygens (including phenoxy) is 1. The molecule has 1 aromatic heterocycles. The van der Waals surface area contributed by atoms with Crippen LogP contribution in [0, 0.1) is 6.92 Å². The summed E-state index contributed by atoms with van der Waals surface area (Å²) in [6.45, 7) is 1.81. The zero-order valence-electron chi connectivity index (χ0n) is 11.8. The molecule has 6 nitrogen and oxygen atoms in total. The number of benzene rings is 1. The normalized spacial score (nSPS) is 10.4. The molecule has 0 aliphatic carbocycles. The lowest BCUT2D eigenvalue weighted by molar-refractivity contribution is 0.0924. The van der Waals surface area contributed by atoms with Crippen molar-refractivity contribution in [3.05, 3.63) is 41.3 Å². The molecule has 0 bridgehead atoms. The van der Waals surface area contributed by atoms with E-state index in [1.54, 1.807) is 31.0 Å². The van der Waals surface area contributed by atoms with Crippen molar-refractivity contribution < 1.29 is 13.9 Å². The molecule has 21 heavy (non-hydrogen) atoms. The van der Waals surface area contributed by atoms with Crippen LogP contribution in [0.2, 0.25) is 0 Å². The van der Waals surface area contributed by atoms with E-state index in [4.69, 9.17) is 20.7 Å². The first-order chi connectivity index (χ1) is 10.0. The van der Waals surface area contributed by atoms with Gasteiger partial charge in [-0.25, -0.2) is 5.84 Å². The number of hydrazine groups is 1. The van der Waals surface area contributed by atoms with E-state index in [0.717, 1.165) is 16.2 Å². The smallest absolute Gasteiger partial charge is 0.300 e. The topological polar surface area (TPSA) is 104 Å². The van der Waals surface area contributed by atoms with Crippen LogP contribution < -0.4 is 21.7 Å². The Morgan fingerprint density at radius 3 is 2.86 bits per heavy atom. The Morgan fingerprint density at radius 1 is 1.43 bits per heavy atom. The molecule has 112 valence electrons. The first kappa shape index (κ1) is 15.3. The number of nitrogen functional groups attached to an aromatic ring is 2. The van der Waals surface area contributed by atoms with Gasteiger partial charge in [0.15, 0.2) is 5.76 Å². The van der Waals surface area contributed by atoms with E-state index in [9.17, 15) is 4.79 Å². The van der Waals surface area contributed by atoms with Crippen molar-refractivity contribution in [2.45, 2.75) is 17.6 Å². The summed E-state index contributed by atoms with van der Waals surface area (Å²) in [5, 5.41) is 0. The highest BCUT2D eigenvalue weighted by Gasteiger charge is 2.14. The van der Waals surface area contributed by atoms with E-state index in [2.05, 4.69) is 0 Å². The molecule has 1 aromatic carbocycles. The lowest BCUT2D eigenvalue weighted by atomic mass is 10.3. The highest BCUT2D eigenvalue weighted by atomic mass is 32.2. The average Bonchev–Trinajstić information content (AvgIpc) is 2.86. The molecule has 0 saturated heterocycles. The van der Waals surface area contributed by atoms with Crippen LogP contribution in [0.1, 0.15) is 21.9 Å². The highest BCUT2D eigenvalue weighted by molar-refractivity contribution is 7.98. The van der Waals surface area contributed by atoms with E-state index in [-0.39, 0.29) is 5.76 Å². The number of furan rings is 1. The number of carbonyl (C=O) groups is 1. The van der Waals surface area contributed by atoms with Crippen molar-refractivity contribution in [3.8, 4) is 5.75 Å². The van der Waals surface area contributed by atoms with Crippen molar-refractivity contribution in [1.82, 2.24) is 5.43 Å². The minimum Gasteiger partial charge on any atom is -0.496 e. The van der Waals surface area contributed by atoms with Gasteiger partial charge in [0, 0.05) is 28.0 Å². The van der Waals surface area contributed by atoms with E-state index in [0.29, 0.717) is 17.2 Å². The van der Waals surface area contributed by atoms with Gasteiger partial charge in [-0.3, -0.25) is 10.2 Å². The fourth-order valence-electron chi connectivity index (χ4n) is 1.81. The quantitative estimate of drug-likeness (QED) is 0.257. The number of aryl methyl sites for hydroxylation is 1. The Labute approximate surface area is 126 Å². The first-order valence-corrected chi connectivity index (χ1v) is 7.20. The predicted octanol–water partition coefficient (Wildman–Crippen LogP) is 2.07. The van der Waals surface area contributed by atoms with Gasteiger partial charge in [0.1, 0.15) is 11.5 Å². The molecule has 0 atom stereocenters. The van der Waals surface area contributed by atoms with Crippen LogP contribution in [0.4, 0.5) is 5.69 Å². The molecule has 0 saturated carbocycles. The lowest BCUT2D eigenvalue weighted by Gasteiger charge is -2.08. The van der Waals surface area contributed by atoms with Crippen molar-refractivity contribution in [3.63, 3.8) is 0 Å². The molecule has 0 aliphatic rings. The van der Waals surface area contributed by atoms with Gasteiger partial charge in [-0.1, -0.05) is 0 Å². The van der Waals surface area contributed by atoms with Crippen LogP contribution in [0.5, 0.6) is 5.75 Å². The second-order valence-corrected chi connectivity index (χ2v) is 5.38. The van der Waals surface area contributed by atoms with Crippen LogP contribution >= 0.6 is 11.8 Å². The van der Waals surface area contributed by atoms with Crippen molar-refractivity contribution >= 4 is 23.4 Å². The first-order valence-electron chi connectivity index (χ1n) is 6.21. The van der Waals surface area contributed by atoms with Crippen molar-refractivity contribution in [1.29, 1.82) is 0 Å². The third kappa shape index (κ3) is 3.50. The maximum absolute atomic E-state index is 11.4. The van der Waals surface area contributed by atoms with Crippen molar-refractivity contribution in [2.24, 2.45) is 5.84 Å². The minimum atomic E-state index is -0.445. The number of thioether (sulfide) groups is 1. The third-order valence-corrected chi connectivity index (χ3v) is 4.05. The Balaban J connectivity index is 2.13. The number of amides is 1. The zero-order valence-corrected chi connectivity index (χ0v) is 12.6. The van der Waals surface area contributed by atoms with E-state index >= 15 is 0 Å². The molecule has 0 unspecified atom stereocenters. The fraction of sp³-hybridized carbons (Fsp3) is 0.214. The van der Waals surface area contributed by atoms with Gasteiger partial charge >= 0.3 is 5.91 Å². The molecule has 2 rings (SSSR count). The summed E-state index contributed by atoms with van der Waals surface area (Å²) in [5.74, 6) is 6.91. The molecular formula is C14H17N3O3S. The molecule has 0 spiro atoms. The minimum absolute atomic E-state index is 0.204. The largest absolute Gasteiger partial charge is 0.496 e. The highest BCUT2D eigenvalue weighted by Crippen LogP contribution is 2.34. The fourth-order valence-corrected chi connectivity index (χ4v) is 2.85. The summed E-state index contributed by atoms with van der Waals surface area (Å²) < 4.78 is 10.7. The van der Waals surface area contributed by atoms with Gasteiger partial charge in [-0.2, -0.15) is 0 Å². The van der Waals surface area contributed by atoms with Crippen molar-refractivity contribution in [2.75, 3.05) is 12.8 Å². The number of hydrogen-bond acceptors (Lipinski definition) is 6. The summed E-state index contributed by atoms with van der Waals surface area (Å²) in [5.41, 5.74) is 9.35. The van der Waals surface area contributed by atoms with Crippen LogP contribution in [-0.4, -0.2) is 13.0 Å². The number of carbonyl (C=O) groups excluding carboxylic acids is 1. The molecule has 7 heteroatoms. The Kier molecular flexibility index (Phi) is 4.77. The van der Waals surface area contributed by atoms with Crippen LogP contribution in [0.25, 0.3) is 0 Å². The second-order valence-electron chi connectivity index (χ2n) is 4.36. The van der Waals surface area contributed by atoms with Gasteiger partial charge in [-0.15, -0.1) is 11.8 Å².